The van der Waals surface area contributed by atoms with Crippen molar-refractivity contribution in [3.8, 4) is 0 Å². The maximum atomic E-state index is 10.1. The molecule has 3 saturated carbocycles. The highest BCUT2D eigenvalue weighted by Gasteiger charge is 2.50. The second-order valence-electron chi connectivity index (χ2n) is 10.1. The average Bonchev–Trinajstić information content (AvgIpc) is 3.01. The van der Waals surface area contributed by atoms with Gasteiger partial charge in [0, 0.05) is 6.42 Å². The number of hydrogen-bond acceptors (Lipinski definition) is 2. The second kappa shape index (κ2) is 9.30. The lowest BCUT2D eigenvalue weighted by Crippen LogP contribution is -2.36. The molecule has 0 amide bonds. The fourth-order valence-corrected chi connectivity index (χ4v) is 6.60. The molecule has 0 radical (unpaired) electrons. The lowest BCUT2D eigenvalue weighted by atomic mass is 9.60. The van der Waals surface area contributed by atoms with Crippen molar-refractivity contribution in [3.63, 3.8) is 0 Å². The topological polar surface area (TPSA) is 40.5 Å². The van der Waals surface area contributed by atoms with Crippen molar-refractivity contribution in [2.45, 2.75) is 104 Å². The van der Waals surface area contributed by atoms with Crippen molar-refractivity contribution in [1.82, 2.24) is 0 Å². The first-order chi connectivity index (χ1) is 13.4. The Kier molecular flexibility index (Phi) is 7.26. The van der Waals surface area contributed by atoms with Gasteiger partial charge in [-0.15, -0.1) is 0 Å². The van der Waals surface area contributed by atoms with Crippen LogP contribution in [0.15, 0.2) is 35.5 Å². The van der Waals surface area contributed by atoms with Gasteiger partial charge in [0.1, 0.15) is 0 Å². The molecule has 3 aliphatic rings. The lowest BCUT2D eigenvalue weighted by molar-refractivity contribution is 0.0861. The number of allylic oxidation sites excluding steroid dienone is 3. The molecule has 28 heavy (non-hydrogen) atoms. The van der Waals surface area contributed by atoms with Gasteiger partial charge in [0.25, 0.3) is 0 Å². The molecule has 6 atom stereocenters. The van der Waals surface area contributed by atoms with Gasteiger partial charge in [0.2, 0.25) is 0 Å². The van der Waals surface area contributed by atoms with E-state index >= 15 is 0 Å². The fourth-order valence-electron chi connectivity index (χ4n) is 6.60. The van der Waals surface area contributed by atoms with Crippen molar-refractivity contribution in [3.05, 3.63) is 35.5 Å². The van der Waals surface area contributed by atoms with Gasteiger partial charge in [-0.25, -0.2) is 0 Å². The highest BCUT2D eigenvalue weighted by Crippen LogP contribution is 2.59. The molecule has 2 nitrogen and oxygen atoms in total. The molecular formula is C26H42O2. The van der Waals surface area contributed by atoms with E-state index < -0.39 is 12.2 Å². The highest BCUT2D eigenvalue weighted by atomic mass is 16.3. The maximum Gasteiger partial charge on any atom is 0.0811 e. The van der Waals surface area contributed by atoms with Crippen LogP contribution in [-0.2, 0) is 0 Å². The summed E-state index contributed by atoms with van der Waals surface area (Å²) in [7, 11) is 0. The first-order valence-corrected chi connectivity index (χ1v) is 11.8. The van der Waals surface area contributed by atoms with E-state index in [4.69, 9.17) is 0 Å². The Labute approximate surface area is 172 Å². The van der Waals surface area contributed by atoms with Crippen LogP contribution in [0, 0.1) is 23.2 Å². The summed E-state index contributed by atoms with van der Waals surface area (Å²) in [6.07, 6.45) is 16.6. The summed E-state index contributed by atoms with van der Waals surface area (Å²) in [4.78, 5) is 0. The molecule has 158 valence electrons. The standard InChI is InChI=1S/C26H42O2/c1-5-6-7-9-18(2)23-13-14-24-20(10-8-15-26(23,24)4)11-12-21-16-22(27)17-25(28)19(21)3/h11-12,18,22-25,27-28H,3,5-10,13-17H2,1-2,4H3/b20-11+,21-12-/t18-,22+,23?,24?,25-,26+/m0/s1. The molecule has 2 N–H and O–H groups in total. The molecule has 3 rings (SSSR count). The van der Waals surface area contributed by atoms with E-state index in [1.807, 2.05) is 0 Å². The van der Waals surface area contributed by atoms with Gasteiger partial charge in [0.05, 0.1) is 12.2 Å². The van der Waals surface area contributed by atoms with E-state index in [1.165, 1.54) is 57.8 Å². The fraction of sp³-hybridized carbons (Fsp3) is 0.769. The molecule has 0 bridgehead atoms. The summed E-state index contributed by atoms with van der Waals surface area (Å²) < 4.78 is 0. The molecule has 0 aromatic heterocycles. The van der Waals surface area contributed by atoms with Crippen LogP contribution in [0.4, 0.5) is 0 Å². The third-order valence-corrected chi connectivity index (χ3v) is 8.25. The molecule has 0 aromatic rings. The van der Waals surface area contributed by atoms with Gasteiger partial charge in [-0.2, -0.15) is 0 Å². The number of aliphatic hydroxyl groups is 2. The Morgan fingerprint density at radius 1 is 1.21 bits per heavy atom. The highest BCUT2D eigenvalue weighted by molar-refractivity contribution is 5.38. The number of rotatable bonds is 6. The first kappa shape index (κ1) is 21.8. The van der Waals surface area contributed by atoms with Crippen LogP contribution in [0.3, 0.4) is 0 Å². The Bertz CT molecular complexity index is 616. The number of hydrogen-bond donors (Lipinski definition) is 2. The summed E-state index contributed by atoms with van der Waals surface area (Å²) in [6.45, 7) is 11.4. The van der Waals surface area contributed by atoms with Crippen LogP contribution in [0.2, 0.25) is 0 Å². The van der Waals surface area contributed by atoms with Gasteiger partial charge < -0.3 is 10.2 Å². The van der Waals surface area contributed by atoms with Crippen molar-refractivity contribution in [2.75, 3.05) is 0 Å². The van der Waals surface area contributed by atoms with E-state index in [9.17, 15) is 10.2 Å². The normalized spacial score (nSPS) is 40.1. The van der Waals surface area contributed by atoms with Crippen LogP contribution < -0.4 is 0 Å². The predicted molar refractivity (Wildman–Crippen MR) is 118 cm³/mol. The van der Waals surface area contributed by atoms with Gasteiger partial charge >= 0.3 is 0 Å². The first-order valence-electron chi connectivity index (χ1n) is 11.8. The zero-order valence-corrected chi connectivity index (χ0v) is 18.4. The van der Waals surface area contributed by atoms with Crippen molar-refractivity contribution in [2.24, 2.45) is 23.2 Å². The van der Waals surface area contributed by atoms with Crippen LogP contribution in [0.1, 0.15) is 91.4 Å². The summed E-state index contributed by atoms with van der Waals surface area (Å²) >= 11 is 0. The molecule has 2 heteroatoms. The summed E-state index contributed by atoms with van der Waals surface area (Å²) in [5, 5.41) is 20.1. The van der Waals surface area contributed by atoms with Gasteiger partial charge in [-0.1, -0.05) is 70.8 Å². The molecule has 0 aromatic carbocycles. The van der Waals surface area contributed by atoms with Gasteiger partial charge in [-0.05, 0) is 72.8 Å². The van der Waals surface area contributed by atoms with Crippen LogP contribution >= 0.6 is 0 Å². The maximum absolute atomic E-state index is 10.1. The summed E-state index contributed by atoms with van der Waals surface area (Å²) in [5.74, 6) is 2.41. The van der Waals surface area contributed by atoms with Crippen LogP contribution in [0.25, 0.3) is 0 Å². The Balaban J connectivity index is 1.74. The SMILES string of the molecule is C=C1/C(=C\C=C2/CCC[C@@]3(C)C2CCC3[C@@H](C)CCCCC)C[C@@H](O)C[C@@H]1O. The molecule has 3 fully saturated rings. The molecule has 0 saturated heterocycles. The molecule has 3 aliphatic carbocycles. The minimum atomic E-state index is -0.593. The largest absolute Gasteiger partial charge is 0.393 e. The molecular weight excluding hydrogens is 344 g/mol. The molecule has 2 unspecified atom stereocenters. The monoisotopic (exact) mass is 386 g/mol. The quantitative estimate of drug-likeness (QED) is 0.523. The smallest absolute Gasteiger partial charge is 0.0811 e. The van der Waals surface area contributed by atoms with E-state index in [2.05, 4.69) is 39.5 Å². The van der Waals surface area contributed by atoms with Gasteiger partial charge in [0.15, 0.2) is 0 Å². The second-order valence-corrected chi connectivity index (χ2v) is 10.1. The number of unbranched alkanes of at least 4 members (excludes halogenated alkanes) is 2. The van der Waals surface area contributed by atoms with E-state index in [0.29, 0.717) is 24.2 Å². The minimum Gasteiger partial charge on any atom is -0.393 e. The lowest BCUT2D eigenvalue weighted by Gasteiger charge is -2.44. The van der Waals surface area contributed by atoms with Crippen LogP contribution in [-0.4, -0.2) is 22.4 Å². The van der Waals surface area contributed by atoms with Crippen LogP contribution in [0.5, 0.6) is 0 Å². The van der Waals surface area contributed by atoms with E-state index in [-0.39, 0.29) is 0 Å². The Morgan fingerprint density at radius 3 is 2.75 bits per heavy atom. The van der Waals surface area contributed by atoms with Crippen molar-refractivity contribution in [1.29, 1.82) is 0 Å². The number of aliphatic hydroxyl groups excluding tert-OH is 2. The molecule has 0 spiro atoms. The van der Waals surface area contributed by atoms with E-state index in [1.54, 1.807) is 5.57 Å². The Morgan fingerprint density at radius 2 is 2.00 bits per heavy atom. The Hall–Kier alpha value is -0.860. The third-order valence-electron chi connectivity index (χ3n) is 8.25. The predicted octanol–water partition coefficient (Wildman–Crippen LogP) is 6.34. The third kappa shape index (κ3) is 4.49. The van der Waals surface area contributed by atoms with E-state index in [0.717, 1.165) is 23.0 Å². The number of fused-ring (bicyclic) bond motifs is 1. The minimum absolute atomic E-state index is 0.422. The average molecular weight is 387 g/mol. The van der Waals surface area contributed by atoms with Gasteiger partial charge in [-0.3, -0.25) is 0 Å². The zero-order chi connectivity index (χ0) is 20.3. The van der Waals surface area contributed by atoms with Crippen molar-refractivity contribution < 1.29 is 10.2 Å². The molecule has 0 aliphatic heterocycles. The summed E-state index contributed by atoms with van der Waals surface area (Å²) in [6, 6.07) is 0. The molecule has 0 heterocycles. The van der Waals surface area contributed by atoms with Crippen molar-refractivity contribution >= 4 is 0 Å². The zero-order valence-electron chi connectivity index (χ0n) is 18.4. The summed E-state index contributed by atoms with van der Waals surface area (Å²) in [5.41, 5.74) is 3.89.